The molecule has 0 aliphatic carbocycles. The monoisotopic (exact) mass is 349 g/mol. The van der Waals surface area contributed by atoms with Crippen LogP contribution in [-0.4, -0.2) is 19.6 Å². The molecule has 130 valence electrons. The van der Waals surface area contributed by atoms with Crippen LogP contribution in [0.4, 0.5) is 18.9 Å². The summed E-state index contributed by atoms with van der Waals surface area (Å²) < 4.78 is 44.7. The summed E-state index contributed by atoms with van der Waals surface area (Å²) in [7, 11) is 1.53. The normalized spacial score (nSPS) is 14.8. The summed E-state index contributed by atoms with van der Waals surface area (Å²) in [5, 5.41) is 0.963. The minimum absolute atomic E-state index is 0.00512. The van der Waals surface area contributed by atoms with E-state index in [-0.39, 0.29) is 12.2 Å². The Kier molecular flexibility index (Phi) is 4.39. The number of para-hydroxylation sites is 1. The van der Waals surface area contributed by atoms with Gasteiger partial charge in [0.2, 0.25) is 0 Å². The molecule has 0 amide bonds. The van der Waals surface area contributed by atoms with E-state index in [2.05, 4.69) is 0 Å². The Hall–Kier alpha value is -2.96. The van der Waals surface area contributed by atoms with E-state index in [1.165, 1.54) is 31.4 Å². The van der Waals surface area contributed by atoms with Gasteiger partial charge < -0.3 is 9.57 Å². The zero-order valence-electron chi connectivity index (χ0n) is 13.2. The number of hydroxylamine groups is 1. The SMILES string of the molecule is COc1ccc(C2=CC(=O)ON(c3ccccc3C(F)(F)F)C2)cc1. The molecule has 1 aliphatic rings. The number of anilines is 1. The van der Waals surface area contributed by atoms with Crippen molar-refractivity contribution in [1.82, 2.24) is 0 Å². The van der Waals surface area contributed by atoms with E-state index in [0.29, 0.717) is 16.9 Å². The fourth-order valence-electron chi connectivity index (χ4n) is 2.55. The van der Waals surface area contributed by atoms with Gasteiger partial charge in [0.1, 0.15) is 5.75 Å². The number of methoxy groups -OCH3 is 1. The summed E-state index contributed by atoms with van der Waals surface area (Å²) in [6, 6.07) is 11.9. The van der Waals surface area contributed by atoms with Crippen molar-refractivity contribution in [3.63, 3.8) is 0 Å². The lowest BCUT2D eigenvalue weighted by Crippen LogP contribution is -2.33. The molecule has 3 rings (SSSR count). The highest BCUT2D eigenvalue weighted by Crippen LogP contribution is 2.38. The van der Waals surface area contributed by atoms with E-state index < -0.39 is 17.7 Å². The van der Waals surface area contributed by atoms with E-state index >= 15 is 0 Å². The molecule has 0 saturated carbocycles. The molecule has 25 heavy (non-hydrogen) atoms. The highest BCUT2D eigenvalue weighted by Gasteiger charge is 2.36. The molecule has 0 aromatic heterocycles. The van der Waals surface area contributed by atoms with E-state index in [1.807, 2.05) is 0 Å². The third-order valence-corrected chi connectivity index (χ3v) is 3.75. The lowest BCUT2D eigenvalue weighted by molar-refractivity contribution is -0.143. The lowest BCUT2D eigenvalue weighted by atomic mass is 10.0. The first-order valence-electron chi connectivity index (χ1n) is 7.39. The van der Waals surface area contributed by atoms with Crippen LogP contribution in [0.3, 0.4) is 0 Å². The summed E-state index contributed by atoms with van der Waals surface area (Å²) in [5.74, 6) is -0.0870. The van der Waals surface area contributed by atoms with E-state index in [1.54, 1.807) is 24.3 Å². The average Bonchev–Trinajstić information content (AvgIpc) is 2.60. The van der Waals surface area contributed by atoms with Gasteiger partial charge in [0.25, 0.3) is 0 Å². The molecule has 4 nitrogen and oxygen atoms in total. The number of hydrogen-bond donors (Lipinski definition) is 0. The number of nitrogens with zero attached hydrogens (tertiary/aromatic N) is 1. The summed E-state index contributed by atoms with van der Waals surface area (Å²) in [6.45, 7) is 0.00512. The van der Waals surface area contributed by atoms with Crippen LogP contribution in [0.25, 0.3) is 5.57 Å². The first-order valence-corrected chi connectivity index (χ1v) is 7.39. The first-order chi connectivity index (χ1) is 11.9. The Morgan fingerprint density at radius 1 is 1.08 bits per heavy atom. The average molecular weight is 349 g/mol. The maximum atomic E-state index is 13.2. The highest BCUT2D eigenvalue weighted by atomic mass is 19.4. The number of ether oxygens (including phenoxy) is 1. The molecule has 0 spiro atoms. The molecule has 0 saturated heterocycles. The predicted octanol–water partition coefficient (Wildman–Crippen LogP) is 4.08. The topological polar surface area (TPSA) is 38.8 Å². The molecule has 0 fully saturated rings. The van der Waals surface area contributed by atoms with E-state index in [0.717, 1.165) is 11.1 Å². The van der Waals surface area contributed by atoms with Gasteiger partial charge in [-0.3, -0.25) is 0 Å². The van der Waals surface area contributed by atoms with Crippen LogP contribution in [0.15, 0.2) is 54.6 Å². The van der Waals surface area contributed by atoms with Crippen LogP contribution in [-0.2, 0) is 15.8 Å². The molecular formula is C18H14F3NO3. The molecule has 0 radical (unpaired) electrons. The van der Waals surface area contributed by atoms with Crippen LogP contribution >= 0.6 is 0 Å². The van der Waals surface area contributed by atoms with Crippen LogP contribution in [0.1, 0.15) is 11.1 Å². The van der Waals surface area contributed by atoms with Crippen molar-refractivity contribution in [3.05, 3.63) is 65.7 Å². The van der Waals surface area contributed by atoms with Gasteiger partial charge in [0, 0.05) is 6.08 Å². The quantitative estimate of drug-likeness (QED) is 0.837. The van der Waals surface area contributed by atoms with Gasteiger partial charge >= 0.3 is 12.1 Å². The molecule has 0 atom stereocenters. The van der Waals surface area contributed by atoms with Gasteiger partial charge in [0.05, 0.1) is 24.9 Å². The van der Waals surface area contributed by atoms with Gasteiger partial charge in [-0.05, 0) is 35.4 Å². The van der Waals surface area contributed by atoms with Gasteiger partial charge in [-0.15, -0.1) is 0 Å². The van der Waals surface area contributed by atoms with Gasteiger partial charge in [-0.2, -0.15) is 13.2 Å². The zero-order valence-corrected chi connectivity index (χ0v) is 13.2. The van der Waals surface area contributed by atoms with Crippen LogP contribution in [0.5, 0.6) is 5.75 Å². The second-order valence-electron chi connectivity index (χ2n) is 5.36. The number of alkyl halides is 3. The third-order valence-electron chi connectivity index (χ3n) is 3.75. The Balaban J connectivity index is 1.94. The Bertz CT molecular complexity index is 813. The standard InChI is InChI=1S/C18H14F3NO3/c1-24-14-8-6-12(7-9-14)13-10-17(23)25-22(11-13)16-5-3-2-4-15(16)18(19,20)21/h2-10H,11H2,1H3. The van der Waals surface area contributed by atoms with Crippen LogP contribution < -0.4 is 9.80 Å². The Morgan fingerprint density at radius 3 is 2.40 bits per heavy atom. The fraction of sp³-hybridized carbons (Fsp3) is 0.167. The Labute approximate surface area is 142 Å². The number of carbonyl (C=O) groups excluding carboxylic acids is 1. The summed E-state index contributed by atoms with van der Waals surface area (Å²) in [5.41, 5.74) is 0.184. The largest absolute Gasteiger partial charge is 0.497 e. The van der Waals surface area contributed by atoms with Gasteiger partial charge in [-0.25, -0.2) is 9.86 Å². The molecule has 2 aromatic carbocycles. The van der Waals surface area contributed by atoms with E-state index in [9.17, 15) is 18.0 Å². The fourth-order valence-corrected chi connectivity index (χ4v) is 2.55. The van der Waals surface area contributed by atoms with Crippen molar-refractivity contribution in [2.24, 2.45) is 0 Å². The minimum Gasteiger partial charge on any atom is -0.497 e. The van der Waals surface area contributed by atoms with Crippen molar-refractivity contribution in [2.75, 3.05) is 18.7 Å². The number of hydrogen-bond acceptors (Lipinski definition) is 4. The second kappa shape index (κ2) is 6.51. The summed E-state index contributed by atoms with van der Waals surface area (Å²) >= 11 is 0. The predicted molar refractivity (Wildman–Crippen MR) is 85.9 cm³/mol. The van der Waals surface area contributed by atoms with Crippen molar-refractivity contribution in [2.45, 2.75) is 6.18 Å². The molecule has 7 heteroatoms. The van der Waals surface area contributed by atoms with Gasteiger partial charge in [-0.1, -0.05) is 24.3 Å². The number of rotatable bonds is 3. The molecule has 2 aromatic rings. The first kappa shape index (κ1) is 16.9. The maximum Gasteiger partial charge on any atom is 0.418 e. The molecular weight excluding hydrogens is 335 g/mol. The van der Waals surface area contributed by atoms with Crippen molar-refractivity contribution in [3.8, 4) is 5.75 Å². The lowest BCUT2D eigenvalue weighted by Gasteiger charge is -2.29. The summed E-state index contributed by atoms with van der Waals surface area (Å²) in [4.78, 5) is 16.9. The van der Waals surface area contributed by atoms with Crippen LogP contribution in [0.2, 0.25) is 0 Å². The van der Waals surface area contributed by atoms with Crippen molar-refractivity contribution < 1.29 is 27.5 Å². The number of carbonyl (C=O) groups is 1. The zero-order chi connectivity index (χ0) is 18.0. The van der Waals surface area contributed by atoms with Crippen molar-refractivity contribution in [1.29, 1.82) is 0 Å². The molecule has 0 bridgehead atoms. The molecule has 0 N–H and O–H groups in total. The summed E-state index contributed by atoms with van der Waals surface area (Å²) in [6.07, 6.45) is -3.28. The Morgan fingerprint density at radius 2 is 1.76 bits per heavy atom. The maximum absolute atomic E-state index is 13.2. The second-order valence-corrected chi connectivity index (χ2v) is 5.36. The van der Waals surface area contributed by atoms with Gasteiger partial charge in [0.15, 0.2) is 0 Å². The molecule has 1 aliphatic heterocycles. The highest BCUT2D eigenvalue weighted by molar-refractivity contribution is 5.95. The smallest absolute Gasteiger partial charge is 0.418 e. The minimum atomic E-state index is -4.55. The molecule has 1 heterocycles. The third kappa shape index (κ3) is 3.60. The van der Waals surface area contributed by atoms with Crippen LogP contribution in [0, 0.1) is 0 Å². The van der Waals surface area contributed by atoms with E-state index in [4.69, 9.17) is 9.57 Å². The number of halogens is 3. The van der Waals surface area contributed by atoms with Crippen molar-refractivity contribution >= 4 is 17.2 Å². The number of benzene rings is 2. The molecule has 0 unspecified atom stereocenters.